The average molecular weight is 409 g/mol. The second kappa shape index (κ2) is 12.6. The standard InChI is InChI=1S/C17H22N4OS2.C2H6.CH4/c1-12(23-11-15-20-10-14(22-15)17(2,3)4)24-16(18-5)21-13-7-6-8-19-9-13;1-2;/h6-10H,1,11H2,2-5H3,(H,18,21);1-2H3;1H4. The van der Waals surface area contributed by atoms with Crippen molar-refractivity contribution < 1.29 is 4.42 Å². The van der Waals surface area contributed by atoms with Crippen molar-refractivity contribution >= 4 is 34.4 Å². The Morgan fingerprint density at radius 1 is 1.30 bits per heavy atom. The van der Waals surface area contributed by atoms with E-state index in [1.54, 1.807) is 37.4 Å². The van der Waals surface area contributed by atoms with Gasteiger partial charge < -0.3 is 9.73 Å². The topological polar surface area (TPSA) is 63.3 Å². The predicted molar refractivity (Wildman–Crippen MR) is 123 cm³/mol. The summed E-state index contributed by atoms with van der Waals surface area (Å²) in [6.45, 7) is 14.4. The summed E-state index contributed by atoms with van der Waals surface area (Å²) in [4.78, 5) is 12.6. The van der Waals surface area contributed by atoms with E-state index in [0.29, 0.717) is 11.6 Å². The Bertz CT molecular complexity index is 706. The van der Waals surface area contributed by atoms with Gasteiger partial charge in [0, 0.05) is 22.9 Å². The van der Waals surface area contributed by atoms with Crippen LogP contribution in [0, 0.1) is 0 Å². The van der Waals surface area contributed by atoms with Crippen LogP contribution in [0.4, 0.5) is 5.69 Å². The molecule has 27 heavy (non-hydrogen) atoms. The number of nitrogens with one attached hydrogen (secondary N) is 1. The molecule has 150 valence electrons. The molecule has 0 fully saturated rings. The fourth-order valence-corrected chi connectivity index (χ4v) is 3.23. The van der Waals surface area contributed by atoms with Gasteiger partial charge >= 0.3 is 0 Å². The molecule has 0 aliphatic carbocycles. The Morgan fingerprint density at radius 3 is 2.52 bits per heavy atom. The van der Waals surface area contributed by atoms with E-state index in [1.807, 2.05) is 26.0 Å². The van der Waals surface area contributed by atoms with Gasteiger partial charge in [0.2, 0.25) is 5.89 Å². The molecule has 0 bridgehead atoms. The van der Waals surface area contributed by atoms with E-state index in [0.717, 1.165) is 20.9 Å². The molecule has 0 amide bonds. The van der Waals surface area contributed by atoms with Crippen LogP contribution in [0.1, 0.15) is 53.7 Å². The van der Waals surface area contributed by atoms with Crippen LogP contribution >= 0.6 is 23.5 Å². The van der Waals surface area contributed by atoms with Gasteiger partial charge in [-0.05, 0) is 23.9 Å². The molecule has 0 aliphatic rings. The number of hydrogen-bond donors (Lipinski definition) is 1. The maximum atomic E-state index is 5.79. The van der Waals surface area contributed by atoms with E-state index in [-0.39, 0.29) is 12.8 Å². The van der Waals surface area contributed by atoms with E-state index in [1.165, 1.54) is 11.8 Å². The van der Waals surface area contributed by atoms with Crippen LogP contribution < -0.4 is 5.32 Å². The highest BCUT2D eigenvalue weighted by Crippen LogP contribution is 2.31. The Balaban J connectivity index is 0.00000218. The quantitative estimate of drug-likeness (QED) is 0.446. The number of thioether (sulfide) groups is 2. The third-order valence-electron chi connectivity index (χ3n) is 2.98. The van der Waals surface area contributed by atoms with E-state index >= 15 is 0 Å². The number of rotatable bonds is 5. The van der Waals surface area contributed by atoms with Gasteiger partial charge in [0.1, 0.15) is 5.76 Å². The number of aliphatic imine (C=N–C) groups is 1. The monoisotopic (exact) mass is 408 g/mol. The number of pyridine rings is 1. The first-order chi connectivity index (χ1) is 12.4. The molecule has 0 saturated carbocycles. The van der Waals surface area contributed by atoms with Crippen molar-refractivity contribution in [3.05, 3.63) is 53.2 Å². The Hall–Kier alpha value is -1.73. The van der Waals surface area contributed by atoms with Gasteiger partial charge in [-0.2, -0.15) is 0 Å². The highest BCUT2D eigenvalue weighted by molar-refractivity contribution is 8.29. The highest BCUT2D eigenvalue weighted by Gasteiger charge is 2.19. The molecule has 5 nitrogen and oxygen atoms in total. The molecule has 0 aromatic carbocycles. The summed E-state index contributed by atoms with van der Waals surface area (Å²) in [5.41, 5.74) is 0.864. The van der Waals surface area contributed by atoms with Gasteiger partial charge in [-0.25, -0.2) is 4.98 Å². The Kier molecular flexibility index (Phi) is 11.8. The molecular formula is C20H32N4OS2. The van der Waals surface area contributed by atoms with Crippen molar-refractivity contribution in [2.24, 2.45) is 4.99 Å². The van der Waals surface area contributed by atoms with E-state index < -0.39 is 0 Å². The fraction of sp³-hybridized carbons (Fsp3) is 0.450. The highest BCUT2D eigenvalue weighted by atomic mass is 32.2. The fourth-order valence-electron chi connectivity index (χ4n) is 1.69. The molecule has 1 N–H and O–H groups in total. The van der Waals surface area contributed by atoms with Crippen LogP contribution in [-0.4, -0.2) is 22.2 Å². The van der Waals surface area contributed by atoms with Gasteiger partial charge in [-0.1, -0.05) is 48.6 Å². The Labute approximate surface area is 172 Å². The zero-order valence-electron chi connectivity index (χ0n) is 16.4. The number of nitrogens with zero attached hydrogens (tertiary/aromatic N) is 3. The molecule has 0 saturated heterocycles. The van der Waals surface area contributed by atoms with Gasteiger partial charge in [-0.15, -0.1) is 11.8 Å². The lowest BCUT2D eigenvalue weighted by Crippen LogP contribution is -2.09. The van der Waals surface area contributed by atoms with Crippen LogP contribution in [0.25, 0.3) is 0 Å². The zero-order chi connectivity index (χ0) is 19.6. The van der Waals surface area contributed by atoms with Crippen LogP contribution in [0.2, 0.25) is 0 Å². The van der Waals surface area contributed by atoms with Crippen molar-refractivity contribution in [1.29, 1.82) is 0 Å². The smallest absolute Gasteiger partial charge is 0.204 e. The van der Waals surface area contributed by atoms with Crippen LogP contribution in [0.3, 0.4) is 0 Å². The SMILES string of the molecule is C.C=C(SCc1ncc(C(C)(C)C)o1)SC(=NC)Nc1cccnc1.CC. The van der Waals surface area contributed by atoms with Crippen molar-refractivity contribution in [3.8, 4) is 0 Å². The summed E-state index contributed by atoms with van der Waals surface area (Å²) in [5.74, 6) is 2.25. The molecule has 2 aromatic heterocycles. The number of hydrogen-bond acceptors (Lipinski definition) is 6. The molecular weight excluding hydrogens is 376 g/mol. The molecule has 2 heterocycles. The normalized spacial score (nSPS) is 11.1. The van der Waals surface area contributed by atoms with Crippen LogP contribution in [0.15, 0.2) is 50.9 Å². The van der Waals surface area contributed by atoms with Gasteiger partial charge in [0.25, 0.3) is 0 Å². The summed E-state index contributed by atoms with van der Waals surface area (Å²) in [6.07, 6.45) is 5.29. The lowest BCUT2D eigenvalue weighted by molar-refractivity contribution is 0.391. The molecule has 2 rings (SSSR count). The van der Waals surface area contributed by atoms with E-state index in [4.69, 9.17) is 4.42 Å². The van der Waals surface area contributed by atoms with E-state index in [9.17, 15) is 0 Å². The predicted octanol–water partition coefficient (Wildman–Crippen LogP) is 6.56. The van der Waals surface area contributed by atoms with E-state index in [2.05, 4.69) is 47.6 Å². The maximum Gasteiger partial charge on any atom is 0.204 e. The lowest BCUT2D eigenvalue weighted by Gasteiger charge is -2.13. The number of oxazole rings is 1. The largest absolute Gasteiger partial charge is 0.444 e. The van der Waals surface area contributed by atoms with Crippen molar-refractivity contribution in [1.82, 2.24) is 9.97 Å². The first kappa shape index (κ1) is 25.3. The lowest BCUT2D eigenvalue weighted by atomic mass is 9.94. The van der Waals surface area contributed by atoms with Crippen molar-refractivity contribution in [2.75, 3.05) is 12.4 Å². The second-order valence-electron chi connectivity index (χ2n) is 6.03. The molecule has 2 aromatic rings. The first-order valence-corrected chi connectivity index (χ1v) is 10.3. The molecule has 0 aliphatic heterocycles. The van der Waals surface area contributed by atoms with Crippen LogP contribution in [0.5, 0.6) is 0 Å². The minimum absolute atomic E-state index is 0. The van der Waals surface area contributed by atoms with Gasteiger partial charge in [0.05, 0.1) is 23.8 Å². The maximum absolute atomic E-state index is 5.79. The average Bonchev–Trinajstić information content (AvgIpc) is 3.11. The molecule has 0 atom stereocenters. The zero-order valence-corrected chi connectivity index (χ0v) is 18.0. The van der Waals surface area contributed by atoms with Crippen molar-refractivity contribution in [3.63, 3.8) is 0 Å². The number of amidine groups is 1. The Morgan fingerprint density at radius 2 is 2.00 bits per heavy atom. The van der Waals surface area contributed by atoms with Gasteiger partial charge in [0.15, 0.2) is 5.17 Å². The summed E-state index contributed by atoms with van der Waals surface area (Å²) in [6, 6.07) is 3.81. The number of anilines is 1. The second-order valence-corrected chi connectivity index (χ2v) is 8.44. The third kappa shape index (κ3) is 9.15. The summed E-state index contributed by atoms with van der Waals surface area (Å²) in [5, 5.41) is 3.99. The minimum Gasteiger partial charge on any atom is -0.444 e. The first-order valence-electron chi connectivity index (χ1n) is 8.47. The molecule has 0 unspecified atom stereocenters. The minimum atomic E-state index is -0.0304. The molecule has 0 radical (unpaired) electrons. The van der Waals surface area contributed by atoms with Crippen molar-refractivity contribution in [2.45, 2.75) is 53.2 Å². The molecule has 7 heteroatoms. The summed E-state index contributed by atoms with van der Waals surface area (Å²) >= 11 is 3.06. The molecule has 0 spiro atoms. The summed E-state index contributed by atoms with van der Waals surface area (Å²) < 4.78 is 6.71. The van der Waals surface area contributed by atoms with Crippen LogP contribution in [-0.2, 0) is 11.2 Å². The number of aromatic nitrogens is 2. The van der Waals surface area contributed by atoms with Gasteiger partial charge in [-0.3, -0.25) is 9.98 Å². The third-order valence-corrected chi connectivity index (χ3v) is 5.00. The summed E-state index contributed by atoms with van der Waals surface area (Å²) in [7, 11) is 1.74.